The Labute approximate surface area is 115 Å². The smallest absolute Gasteiger partial charge is 0.135 e. The van der Waals surface area contributed by atoms with Crippen molar-refractivity contribution < 1.29 is 4.79 Å². The number of ketones is 1. The molecule has 0 radical (unpaired) electrons. The van der Waals surface area contributed by atoms with Crippen molar-refractivity contribution in [1.82, 2.24) is 0 Å². The van der Waals surface area contributed by atoms with Crippen LogP contribution in [0.5, 0.6) is 0 Å². The second kappa shape index (κ2) is 13.1. The average Bonchev–Trinajstić information content (AvgIpc) is 2.40. The molecule has 1 unspecified atom stereocenters. The second-order valence-corrected chi connectivity index (χ2v) is 5.57. The Morgan fingerprint density at radius 1 is 0.722 bits per heavy atom. The van der Waals surface area contributed by atoms with Crippen LogP contribution in [-0.2, 0) is 4.79 Å². The van der Waals surface area contributed by atoms with Crippen LogP contribution in [-0.4, -0.2) is 5.78 Å². The van der Waals surface area contributed by atoms with Crippen molar-refractivity contribution in [3.8, 4) is 0 Å². The Balaban J connectivity index is 3.74. The summed E-state index contributed by atoms with van der Waals surface area (Å²) in [5.41, 5.74) is 0. The van der Waals surface area contributed by atoms with E-state index >= 15 is 0 Å². The zero-order valence-electron chi connectivity index (χ0n) is 13.0. The maximum Gasteiger partial charge on any atom is 0.135 e. The summed E-state index contributed by atoms with van der Waals surface area (Å²) >= 11 is 0. The molecule has 0 rings (SSSR count). The largest absolute Gasteiger partial charge is 0.299 e. The first-order chi connectivity index (χ1) is 8.76. The minimum Gasteiger partial charge on any atom is -0.299 e. The quantitative estimate of drug-likeness (QED) is 0.373. The fraction of sp³-hybridized carbons (Fsp3) is 0.941. The topological polar surface area (TPSA) is 17.1 Å². The van der Waals surface area contributed by atoms with E-state index in [-0.39, 0.29) is 0 Å². The van der Waals surface area contributed by atoms with E-state index in [9.17, 15) is 4.79 Å². The summed E-state index contributed by atoms with van der Waals surface area (Å²) in [5.74, 6) is 0.871. The molecule has 1 heteroatoms. The summed E-state index contributed by atoms with van der Waals surface area (Å²) < 4.78 is 0. The highest BCUT2D eigenvalue weighted by Crippen LogP contribution is 2.20. The number of Topliss-reactive ketones (excluding diaryl/α,β-unsaturated/α-hetero) is 1. The van der Waals surface area contributed by atoms with Crippen molar-refractivity contribution in [2.75, 3.05) is 0 Å². The zero-order chi connectivity index (χ0) is 13.6. The third-order valence-corrected chi connectivity index (χ3v) is 3.87. The van der Waals surface area contributed by atoms with Gasteiger partial charge in [-0.1, -0.05) is 78.6 Å². The van der Waals surface area contributed by atoms with Crippen LogP contribution in [0.4, 0.5) is 0 Å². The molecule has 0 spiro atoms. The molecule has 0 heterocycles. The molecule has 108 valence electrons. The molecule has 1 atom stereocenters. The van der Waals surface area contributed by atoms with Crippen LogP contribution in [0.1, 0.15) is 97.8 Å². The number of unbranched alkanes of at least 4 members (excludes halogenated alkanes) is 7. The van der Waals surface area contributed by atoms with Crippen molar-refractivity contribution in [3.63, 3.8) is 0 Å². The standard InChI is InChI=1S/C17H34O/c1-4-7-9-11-13-15-16(17(18)6-3)14-12-10-8-5-2/h16H,4-15H2,1-3H3. The minimum atomic E-state index is 0.369. The lowest BCUT2D eigenvalue weighted by molar-refractivity contribution is -0.123. The third-order valence-electron chi connectivity index (χ3n) is 3.87. The predicted octanol–water partition coefficient (Wildman–Crippen LogP) is 5.91. The first-order valence-electron chi connectivity index (χ1n) is 8.28. The molecule has 0 N–H and O–H groups in total. The van der Waals surface area contributed by atoms with Gasteiger partial charge in [-0.25, -0.2) is 0 Å². The molecule has 0 fully saturated rings. The van der Waals surface area contributed by atoms with Crippen molar-refractivity contribution in [2.45, 2.75) is 97.8 Å². The van der Waals surface area contributed by atoms with Gasteiger partial charge in [0.2, 0.25) is 0 Å². The Hall–Kier alpha value is -0.330. The third kappa shape index (κ3) is 9.67. The van der Waals surface area contributed by atoms with Crippen LogP contribution < -0.4 is 0 Å². The lowest BCUT2D eigenvalue weighted by Gasteiger charge is -2.14. The van der Waals surface area contributed by atoms with Crippen molar-refractivity contribution in [1.29, 1.82) is 0 Å². The van der Waals surface area contributed by atoms with E-state index in [0.29, 0.717) is 11.7 Å². The van der Waals surface area contributed by atoms with Gasteiger partial charge in [-0.15, -0.1) is 0 Å². The van der Waals surface area contributed by atoms with Crippen molar-refractivity contribution in [3.05, 3.63) is 0 Å². The molecule has 1 nitrogen and oxygen atoms in total. The van der Waals surface area contributed by atoms with Crippen LogP contribution in [0, 0.1) is 5.92 Å². The van der Waals surface area contributed by atoms with Crippen LogP contribution in [0.25, 0.3) is 0 Å². The van der Waals surface area contributed by atoms with Gasteiger partial charge in [-0.3, -0.25) is 4.79 Å². The zero-order valence-corrected chi connectivity index (χ0v) is 13.0. The lowest BCUT2D eigenvalue weighted by atomic mass is 9.90. The summed E-state index contributed by atoms with van der Waals surface area (Å²) in [7, 11) is 0. The summed E-state index contributed by atoms with van der Waals surface area (Å²) in [5, 5.41) is 0. The van der Waals surface area contributed by atoms with E-state index < -0.39 is 0 Å². The van der Waals surface area contributed by atoms with Crippen molar-refractivity contribution in [2.24, 2.45) is 5.92 Å². The highest BCUT2D eigenvalue weighted by molar-refractivity contribution is 5.80. The van der Waals surface area contributed by atoms with Gasteiger partial charge in [0.25, 0.3) is 0 Å². The molecule has 0 amide bonds. The lowest BCUT2D eigenvalue weighted by Crippen LogP contribution is -2.13. The van der Waals surface area contributed by atoms with Gasteiger partial charge >= 0.3 is 0 Å². The first-order valence-corrected chi connectivity index (χ1v) is 8.28. The van der Waals surface area contributed by atoms with Gasteiger partial charge in [-0.2, -0.15) is 0 Å². The molecule has 0 aromatic heterocycles. The maximum atomic E-state index is 11.9. The maximum absolute atomic E-state index is 11.9. The van der Waals surface area contributed by atoms with E-state index in [1.807, 2.05) is 6.92 Å². The minimum absolute atomic E-state index is 0.369. The van der Waals surface area contributed by atoms with Gasteiger partial charge < -0.3 is 0 Å². The van der Waals surface area contributed by atoms with Gasteiger partial charge in [0, 0.05) is 12.3 Å². The molecule has 0 saturated heterocycles. The highest BCUT2D eigenvalue weighted by atomic mass is 16.1. The number of carbonyl (C=O) groups excluding carboxylic acids is 1. The number of hydrogen-bond donors (Lipinski definition) is 0. The van der Waals surface area contributed by atoms with E-state index in [1.54, 1.807) is 0 Å². The second-order valence-electron chi connectivity index (χ2n) is 5.57. The van der Waals surface area contributed by atoms with Crippen LogP contribution in [0.2, 0.25) is 0 Å². The molecular formula is C17H34O. The Kier molecular flexibility index (Phi) is 12.9. The van der Waals surface area contributed by atoms with Crippen molar-refractivity contribution >= 4 is 5.78 Å². The van der Waals surface area contributed by atoms with Gasteiger partial charge in [0.05, 0.1) is 0 Å². The fourth-order valence-electron chi connectivity index (χ4n) is 2.57. The molecule has 0 aliphatic heterocycles. The Morgan fingerprint density at radius 2 is 1.17 bits per heavy atom. The SMILES string of the molecule is CCCCCCCC(CCCCCC)C(=O)CC. The number of hydrogen-bond acceptors (Lipinski definition) is 1. The van der Waals surface area contributed by atoms with E-state index in [1.165, 1.54) is 57.8 Å². The Morgan fingerprint density at radius 3 is 1.61 bits per heavy atom. The molecule has 18 heavy (non-hydrogen) atoms. The van der Waals surface area contributed by atoms with Crippen LogP contribution >= 0.6 is 0 Å². The average molecular weight is 254 g/mol. The van der Waals surface area contributed by atoms with Crippen LogP contribution in [0.3, 0.4) is 0 Å². The van der Waals surface area contributed by atoms with E-state index in [4.69, 9.17) is 0 Å². The van der Waals surface area contributed by atoms with Gasteiger partial charge in [0.1, 0.15) is 5.78 Å². The molecule has 0 bridgehead atoms. The fourth-order valence-corrected chi connectivity index (χ4v) is 2.57. The summed E-state index contributed by atoms with van der Waals surface area (Å²) in [6.07, 6.45) is 14.7. The normalized spacial score (nSPS) is 12.6. The molecule has 0 aromatic carbocycles. The number of rotatable bonds is 13. The highest BCUT2D eigenvalue weighted by Gasteiger charge is 2.15. The molecule has 0 aromatic rings. The molecule has 0 saturated carbocycles. The summed E-state index contributed by atoms with van der Waals surface area (Å²) in [6, 6.07) is 0. The van der Waals surface area contributed by atoms with E-state index in [0.717, 1.165) is 19.3 Å². The predicted molar refractivity (Wildman–Crippen MR) is 80.9 cm³/mol. The molecular weight excluding hydrogens is 220 g/mol. The van der Waals surface area contributed by atoms with E-state index in [2.05, 4.69) is 13.8 Å². The van der Waals surface area contributed by atoms with Gasteiger partial charge in [-0.05, 0) is 12.8 Å². The summed E-state index contributed by atoms with van der Waals surface area (Å²) in [4.78, 5) is 11.9. The first kappa shape index (κ1) is 17.7. The Bertz CT molecular complexity index is 186. The number of carbonyl (C=O) groups is 1. The molecule has 0 aliphatic rings. The summed E-state index contributed by atoms with van der Waals surface area (Å²) in [6.45, 7) is 6.50. The molecule has 0 aliphatic carbocycles. The monoisotopic (exact) mass is 254 g/mol. The van der Waals surface area contributed by atoms with Crippen LogP contribution in [0.15, 0.2) is 0 Å². The van der Waals surface area contributed by atoms with Gasteiger partial charge in [0.15, 0.2) is 0 Å².